The Morgan fingerprint density at radius 1 is 0.697 bits per heavy atom. The summed E-state index contributed by atoms with van der Waals surface area (Å²) in [6.45, 7) is 4.57. The van der Waals surface area contributed by atoms with E-state index in [0.717, 1.165) is 46.9 Å². The number of fused-ring (bicyclic) bond motifs is 2. The van der Waals surface area contributed by atoms with Gasteiger partial charge in [0.05, 0.1) is 24.4 Å². The Morgan fingerprint density at radius 3 is 1.88 bits per heavy atom. The molecule has 3 aromatic rings. The van der Waals surface area contributed by atoms with Gasteiger partial charge in [0, 0.05) is 31.8 Å². The molecule has 0 aliphatic carbocycles. The number of ether oxygens (including phenoxy) is 1. The molecule has 0 saturated carbocycles. The average molecular weight is 1060 g/mol. The Balaban J connectivity index is 1.38. The van der Waals surface area contributed by atoms with Crippen molar-refractivity contribution in [1.29, 1.82) is 0 Å². The Hall–Kier alpha value is -6.77. The molecule has 16 atom stereocenters. The predicted octanol–water partition coefficient (Wildman–Crippen LogP) is -2.84. The smallest absolute Gasteiger partial charge is 0.261 e. The number of rotatable bonds is 13. The highest BCUT2D eigenvalue weighted by Gasteiger charge is 2.50. The monoisotopic (exact) mass is 1060 g/mol. The first kappa shape index (κ1) is 58.5. The van der Waals surface area contributed by atoms with E-state index in [1.165, 1.54) is 19.1 Å². The van der Waals surface area contributed by atoms with E-state index in [0.29, 0.717) is 12.8 Å². The van der Waals surface area contributed by atoms with E-state index in [1.807, 2.05) is 37.3 Å². The van der Waals surface area contributed by atoms with Gasteiger partial charge in [0.2, 0.25) is 35.4 Å². The first-order valence-corrected chi connectivity index (χ1v) is 25.2. The summed E-state index contributed by atoms with van der Waals surface area (Å²) in [4.78, 5) is 102. The van der Waals surface area contributed by atoms with Gasteiger partial charge >= 0.3 is 0 Å². The first-order valence-electron chi connectivity index (χ1n) is 25.2. The zero-order chi connectivity index (χ0) is 55.7. The lowest BCUT2D eigenvalue weighted by molar-refractivity contribution is -0.148. The number of aliphatic hydroxyl groups is 8. The van der Waals surface area contributed by atoms with Crippen molar-refractivity contribution in [2.75, 3.05) is 13.1 Å². The summed E-state index contributed by atoms with van der Waals surface area (Å²) in [7, 11) is 0. The molecular weight excluding hydrogens is 995 g/mol. The molecule has 0 aromatic heterocycles. The van der Waals surface area contributed by atoms with Crippen LogP contribution in [0.25, 0.3) is 11.1 Å². The summed E-state index contributed by atoms with van der Waals surface area (Å²) in [6, 6.07) is 9.32. The van der Waals surface area contributed by atoms with E-state index in [4.69, 9.17) is 4.74 Å². The highest BCUT2D eigenvalue weighted by molar-refractivity contribution is 5.98. The number of carbonyl (C=O) groups excluding carboxylic acids is 7. The molecule has 3 fully saturated rings. The van der Waals surface area contributed by atoms with Gasteiger partial charge < -0.3 is 87.1 Å². The molecular formula is C52H69N7O17. The number of phenolic OH excluding ortho intramolecular Hbond substituents is 1. The van der Waals surface area contributed by atoms with Gasteiger partial charge in [-0.2, -0.15) is 0 Å². The number of carbonyl (C=O) groups is 7. The Bertz CT molecular complexity index is 2500. The maximum absolute atomic E-state index is 14.5. The molecule has 0 radical (unpaired) electrons. The number of amides is 7. The van der Waals surface area contributed by atoms with Crippen molar-refractivity contribution in [3.05, 3.63) is 84.4 Å². The van der Waals surface area contributed by atoms with Crippen LogP contribution in [0, 0.1) is 5.92 Å². The third-order valence-electron chi connectivity index (χ3n) is 13.8. The van der Waals surface area contributed by atoms with Crippen LogP contribution >= 0.6 is 0 Å². The van der Waals surface area contributed by atoms with Gasteiger partial charge in [0.1, 0.15) is 66.1 Å². The van der Waals surface area contributed by atoms with Gasteiger partial charge in [0.25, 0.3) is 5.91 Å². The third-order valence-corrected chi connectivity index (χ3v) is 13.8. The molecule has 0 spiro atoms. The lowest BCUT2D eigenvalue weighted by Crippen LogP contribution is -2.64. The van der Waals surface area contributed by atoms with E-state index < -0.39 is 158 Å². The standard InChI is InChI=1S/C52H69N7O17/c1-5-6-12-37(76-33-19-15-29(16-20-33)28-10-8-7-9-11-28)48(71)53-34-22-36(64)47(70)57-50(73)41-42(65)25(2)23-59(41)52(75)39(27(4)61)55-49(72)40(44(67)43(66)30-13-17-31(62)18-14-30)56-46(69)35-21-32(63)24-58(35)51(74)38(26(3)60)54-45(34)68/h7-11,13-20,25-27,32,34-44,47,60-67,70H,5-6,12,21-24H2,1-4H3,(H,53,71)(H,54,68)(H,55,72)(H,56,69)(H,57,73)/t25-,26+,27+,32+,34+,35-,36+,37?,38-,39-,40-,41-,42-,43-,44-,47-/m0/s1. The Kier molecular flexibility index (Phi) is 19.9. The number of aliphatic hydroxyl groups excluding tert-OH is 8. The van der Waals surface area contributed by atoms with Crippen molar-refractivity contribution in [3.8, 4) is 22.6 Å². The van der Waals surface area contributed by atoms with Crippen molar-refractivity contribution < 1.29 is 84.3 Å². The zero-order valence-corrected chi connectivity index (χ0v) is 42.4. The summed E-state index contributed by atoms with van der Waals surface area (Å²) in [5, 5.41) is 111. The van der Waals surface area contributed by atoms with E-state index in [9.17, 15) is 79.5 Å². The normalized spacial score (nSPS) is 29.2. The maximum atomic E-state index is 14.5. The fourth-order valence-electron chi connectivity index (χ4n) is 9.44. The fourth-order valence-corrected chi connectivity index (χ4v) is 9.44. The van der Waals surface area contributed by atoms with E-state index >= 15 is 0 Å². The summed E-state index contributed by atoms with van der Waals surface area (Å²) >= 11 is 0. The molecule has 3 heterocycles. The van der Waals surface area contributed by atoms with Gasteiger partial charge in [0.15, 0.2) is 12.3 Å². The van der Waals surface area contributed by atoms with Crippen LogP contribution in [-0.4, -0.2) is 195 Å². The van der Waals surface area contributed by atoms with Crippen LogP contribution in [0.5, 0.6) is 11.5 Å². The van der Waals surface area contributed by atoms with Gasteiger partial charge in [-0.1, -0.05) is 74.9 Å². The Morgan fingerprint density at radius 2 is 1.28 bits per heavy atom. The molecule has 3 aromatic carbocycles. The van der Waals surface area contributed by atoms with Crippen molar-refractivity contribution in [3.63, 3.8) is 0 Å². The first-order chi connectivity index (χ1) is 36.0. The number of phenols is 1. The quantitative estimate of drug-likeness (QED) is 0.0820. The van der Waals surface area contributed by atoms with Crippen LogP contribution in [0.2, 0.25) is 0 Å². The predicted molar refractivity (Wildman–Crippen MR) is 268 cm³/mol. The van der Waals surface area contributed by atoms with Gasteiger partial charge in [-0.3, -0.25) is 33.6 Å². The van der Waals surface area contributed by atoms with Crippen molar-refractivity contribution in [1.82, 2.24) is 36.4 Å². The lowest BCUT2D eigenvalue weighted by Gasteiger charge is -2.34. The highest BCUT2D eigenvalue weighted by atomic mass is 16.5. The molecule has 3 aliphatic rings. The number of unbranched alkanes of at least 4 members (excludes halogenated alkanes) is 1. The number of aromatic hydroxyl groups is 1. The summed E-state index contributed by atoms with van der Waals surface area (Å²) < 4.78 is 6.14. The molecule has 414 valence electrons. The Labute approximate surface area is 438 Å². The van der Waals surface area contributed by atoms with E-state index in [1.54, 1.807) is 24.3 Å². The maximum Gasteiger partial charge on any atom is 0.261 e. The van der Waals surface area contributed by atoms with Crippen LogP contribution < -0.4 is 31.3 Å². The minimum absolute atomic E-state index is 0.0741. The second-order valence-corrected chi connectivity index (χ2v) is 19.7. The van der Waals surface area contributed by atoms with Crippen LogP contribution in [0.1, 0.15) is 71.5 Å². The SMILES string of the molecule is CCCCC(Oc1ccc(-c2ccccc2)cc1)C(=O)N[C@@H]1C[C@@H](O)[C@H](O)NC(=O)[C@@H]2[C@@H](O)[C@@H](C)CN2C(=O)[C@H]([C@@H](C)O)NC(=O)[C@H]([C@H](O)[C@@H](O)c2ccc(O)cc2)NC(=O)[C@@H]2C[C@@H](O)CN2C(=O)[C@H]([C@@H](C)O)NC1=O. The van der Waals surface area contributed by atoms with Gasteiger partial charge in [-0.25, -0.2) is 0 Å². The molecule has 6 rings (SSSR count). The van der Waals surface area contributed by atoms with Crippen LogP contribution in [-0.2, 0) is 33.6 Å². The van der Waals surface area contributed by atoms with Crippen molar-refractivity contribution >= 4 is 41.4 Å². The molecule has 3 aliphatic heterocycles. The summed E-state index contributed by atoms with van der Waals surface area (Å²) in [5.74, 6) is -9.18. The van der Waals surface area contributed by atoms with E-state index in [2.05, 4.69) is 26.6 Å². The molecule has 1 unspecified atom stereocenters. The minimum Gasteiger partial charge on any atom is -0.508 e. The van der Waals surface area contributed by atoms with Crippen LogP contribution in [0.4, 0.5) is 0 Å². The number of nitrogens with zero attached hydrogens (tertiary/aromatic N) is 2. The topological polar surface area (TPSA) is 377 Å². The molecule has 14 N–H and O–H groups in total. The lowest BCUT2D eigenvalue weighted by atomic mass is 9.96. The van der Waals surface area contributed by atoms with Gasteiger partial charge in [-0.05, 0) is 67.6 Å². The van der Waals surface area contributed by atoms with Crippen LogP contribution in [0.3, 0.4) is 0 Å². The minimum atomic E-state index is -2.29. The number of hydrogen-bond donors (Lipinski definition) is 14. The second-order valence-electron chi connectivity index (χ2n) is 19.7. The fraction of sp³-hybridized carbons (Fsp3) is 0.519. The second kappa shape index (κ2) is 25.8. The molecule has 24 nitrogen and oxygen atoms in total. The zero-order valence-electron chi connectivity index (χ0n) is 42.4. The molecule has 7 amide bonds. The number of nitrogens with one attached hydrogen (secondary N) is 5. The summed E-state index contributed by atoms with van der Waals surface area (Å²) in [6.07, 6.45) is -16.9. The average Bonchev–Trinajstić information content (AvgIpc) is 3.95. The third kappa shape index (κ3) is 14.0. The van der Waals surface area contributed by atoms with Crippen LogP contribution in [0.15, 0.2) is 78.9 Å². The number of benzene rings is 3. The summed E-state index contributed by atoms with van der Waals surface area (Å²) in [5.41, 5.74) is 1.70. The van der Waals surface area contributed by atoms with E-state index in [-0.39, 0.29) is 30.0 Å². The molecule has 0 bridgehead atoms. The highest BCUT2D eigenvalue weighted by Crippen LogP contribution is 2.29. The molecule has 24 heteroatoms. The van der Waals surface area contributed by atoms with Crippen molar-refractivity contribution in [2.24, 2.45) is 5.92 Å². The van der Waals surface area contributed by atoms with Crippen molar-refractivity contribution in [2.45, 2.75) is 151 Å². The molecule has 76 heavy (non-hydrogen) atoms. The number of hydrogen-bond acceptors (Lipinski definition) is 17. The molecule has 3 saturated heterocycles. The largest absolute Gasteiger partial charge is 0.508 e. The van der Waals surface area contributed by atoms with Gasteiger partial charge in [-0.15, -0.1) is 0 Å².